The third-order valence-corrected chi connectivity index (χ3v) is 1.73. The molecule has 0 amide bonds. The highest BCUT2D eigenvalue weighted by molar-refractivity contribution is 4.88. The lowest BCUT2D eigenvalue weighted by atomic mass is 10.6. The van der Waals surface area contributed by atoms with Gasteiger partial charge in [-0.2, -0.15) is 0 Å². The quantitative estimate of drug-likeness (QED) is 0.702. The monoisotopic (exact) mass is 196 g/mol. The minimum Gasteiger partial charge on any atom is -0.395 e. The number of nitrogens with one attached hydrogen (secondary N) is 1. The molecule has 5 nitrogen and oxygen atoms in total. The smallest absolute Gasteiger partial charge is 0.0919 e. The van der Waals surface area contributed by atoms with E-state index in [1.807, 2.05) is 19.4 Å². The lowest BCUT2D eigenvalue weighted by Gasteiger charge is -2.15. The molecule has 2 rings (SSSR count). The first-order valence-corrected chi connectivity index (χ1v) is 4.49. The van der Waals surface area contributed by atoms with Crippen LogP contribution in [0.15, 0.2) is 31.1 Å². The van der Waals surface area contributed by atoms with Crippen molar-refractivity contribution in [1.82, 2.24) is 19.8 Å². The van der Waals surface area contributed by atoms with E-state index in [2.05, 4.69) is 19.8 Å². The summed E-state index contributed by atoms with van der Waals surface area (Å²) >= 11 is 0. The minimum atomic E-state index is 0.234. The van der Waals surface area contributed by atoms with Crippen LogP contribution in [0.5, 0.6) is 0 Å². The number of aliphatic hydroxyl groups excluding tert-OH is 1. The zero-order valence-electron chi connectivity index (χ0n) is 8.30. The summed E-state index contributed by atoms with van der Waals surface area (Å²) in [6.07, 6.45) is 9.06. The van der Waals surface area contributed by atoms with Gasteiger partial charge in [-0.05, 0) is 0 Å². The van der Waals surface area contributed by atoms with Gasteiger partial charge in [-0.3, -0.25) is 0 Å². The average molecular weight is 196 g/mol. The van der Waals surface area contributed by atoms with E-state index < -0.39 is 0 Å². The molecule has 1 aromatic rings. The van der Waals surface area contributed by atoms with Crippen molar-refractivity contribution in [2.24, 2.45) is 0 Å². The lowest BCUT2D eigenvalue weighted by molar-refractivity contribution is 0.217. The van der Waals surface area contributed by atoms with Gasteiger partial charge in [0.2, 0.25) is 0 Å². The van der Waals surface area contributed by atoms with E-state index in [-0.39, 0.29) is 6.61 Å². The second kappa shape index (κ2) is 6.04. The fourth-order valence-corrected chi connectivity index (χ4v) is 1.08. The molecule has 0 saturated heterocycles. The first-order chi connectivity index (χ1) is 6.83. The van der Waals surface area contributed by atoms with Crippen LogP contribution in [0.4, 0.5) is 0 Å². The topological polar surface area (TPSA) is 55.4 Å². The number of H-pyrrole nitrogens is 1. The van der Waals surface area contributed by atoms with Crippen LogP contribution in [0.2, 0.25) is 0 Å². The van der Waals surface area contributed by atoms with Gasteiger partial charge < -0.3 is 19.9 Å². The van der Waals surface area contributed by atoms with Crippen molar-refractivity contribution in [2.45, 2.75) is 0 Å². The Morgan fingerprint density at radius 1 is 1.50 bits per heavy atom. The molecule has 0 atom stereocenters. The highest BCUT2D eigenvalue weighted by atomic mass is 16.3. The first-order valence-electron chi connectivity index (χ1n) is 4.49. The molecule has 2 heterocycles. The summed E-state index contributed by atoms with van der Waals surface area (Å²) < 4.78 is 0. The van der Waals surface area contributed by atoms with Crippen LogP contribution >= 0.6 is 0 Å². The number of nitrogens with zero attached hydrogens (tertiary/aromatic N) is 3. The number of rotatable bonds is 2. The molecule has 0 spiro atoms. The molecule has 1 aromatic heterocycles. The van der Waals surface area contributed by atoms with Gasteiger partial charge in [0.1, 0.15) is 0 Å². The average Bonchev–Trinajstić information content (AvgIpc) is 2.79. The number of aliphatic hydroxyl groups is 1. The van der Waals surface area contributed by atoms with E-state index in [9.17, 15) is 0 Å². The van der Waals surface area contributed by atoms with Crippen LogP contribution in [0.3, 0.4) is 0 Å². The molecule has 1 aliphatic heterocycles. The molecule has 0 saturated carbocycles. The molecule has 0 radical (unpaired) electrons. The maximum atomic E-state index is 8.52. The fraction of sp³-hybridized carbons (Fsp3) is 0.444. The Balaban J connectivity index is 0.000000165. The van der Waals surface area contributed by atoms with Crippen molar-refractivity contribution in [3.05, 3.63) is 31.1 Å². The van der Waals surface area contributed by atoms with Crippen molar-refractivity contribution in [2.75, 3.05) is 26.9 Å². The predicted molar refractivity (Wildman–Crippen MR) is 54.1 cm³/mol. The molecule has 78 valence electrons. The zero-order chi connectivity index (χ0) is 10.2. The number of aromatic amines is 1. The third-order valence-electron chi connectivity index (χ3n) is 1.73. The highest BCUT2D eigenvalue weighted by Gasteiger charge is 2.05. The largest absolute Gasteiger partial charge is 0.395 e. The minimum absolute atomic E-state index is 0.234. The van der Waals surface area contributed by atoms with Crippen molar-refractivity contribution < 1.29 is 5.11 Å². The molecule has 0 fully saturated rings. The van der Waals surface area contributed by atoms with Gasteiger partial charge in [0, 0.05) is 38.4 Å². The summed E-state index contributed by atoms with van der Waals surface area (Å²) in [5.41, 5.74) is 0. The number of hydrogen-bond acceptors (Lipinski definition) is 4. The summed E-state index contributed by atoms with van der Waals surface area (Å²) in [6, 6.07) is 0. The van der Waals surface area contributed by atoms with Crippen LogP contribution in [0.1, 0.15) is 0 Å². The summed E-state index contributed by atoms with van der Waals surface area (Å²) in [7, 11) is 2.01. The van der Waals surface area contributed by atoms with Crippen LogP contribution < -0.4 is 0 Å². The van der Waals surface area contributed by atoms with Gasteiger partial charge in [0.15, 0.2) is 0 Å². The van der Waals surface area contributed by atoms with E-state index in [0.717, 1.165) is 13.2 Å². The summed E-state index contributed by atoms with van der Waals surface area (Å²) in [6.45, 7) is 1.87. The molecule has 0 aliphatic carbocycles. The van der Waals surface area contributed by atoms with Gasteiger partial charge in [-0.1, -0.05) is 0 Å². The SMILES string of the molecule is CN1C=CN(CCO)C1.c1c[nH]cn1. The van der Waals surface area contributed by atoms with E-state index in [1.165, 1.54) is 0 Å². The van der Waals surface area contributed by atoms with Crippen LogP contribution in [0, 0.1) is 0 Å². The summed E-state index contributed by atoms with van der Waals surface area (Å²) in [4.78, 5) is 10.5. The summed E-state index contributed by atoms with van der Waals surface area (Å²) in [5, 5.41) is 8.52. The maximum absolute atomic E-state index is 8.52. The number of β-amino-alcohol motifs (C(OH)–C–C–N with tert-alkyl or cyclic N) is 1. The standard InChI is InChI=1S/C6H12N2O.C3H4N2/c1-7-2-3-8(6-7)4-5-9;1-2-5-3-4-1/h2-3,9H,4-6H2,1H3;1-3H,(H,4,5). The number of hydrogen-bond donors (Lipinski definition) is 2. The van der Waals surface area contributed by atoms with E-state index >= 15 is 0 Å². The second-order valence-corrected chi connectivity index (χ2v) is 2.99. The summed E-state index contributed by atoms with van der Waals surface area (Å²) in [5.74, 6) is 0. The van der Waals surface area contributed by atoms with E-state index in [4.69, 9.17) is 5.11 Å². The molecule has 14 heavy (non-hydrogen) atoms. The first kappa shape index (κ1) is 10.6. The predicted octanol–water partition coefficient (Wildman–Crippen LogP) is 0.0645. The van der Waals surface area contributed by atoms with Gasteiger partial charge in [0.05, 0.1) is 19.6 Å². The Morgan fingerprint density at radius 3 is 2.71 bits per heavy atom. The van der Waals surface area contributed by atoms with Gasteiger partial charge in [-0.15, -0.1) is 0 Å². The molecule has 2 N–H and O–H groups in total. The van der Waals surface area contributed by atoms with Crippen LogP contribution in [0.25, 0.3) is 0 Å². The van der Waals surface area contributed by atoms with Crippen LogP contribution in [-0.2, 0) is 0 Å². The normalized spacial score (nSPS) is 14.1. The molecule has 5 heteroatoms. The van der Waals surface area contributed by atoms with Crippen LogP contribution in [-0.4, -0.2) is 51.7 Å². The van der Waals surface area contributed by atoms with Gasteiger partial charge in [0.25, 0.3) is 0 Å². The van der Waals surface area contributed by atoms with Crippen molar-refractivity contribution >= 4 is 0 Å². The Hall–Kier alpha value is -1.49. The molecule has 1 aliphatic rings. The molecule has 0 unspecified atom stereocenters. The fourth-order valence-electron chi connectivity index (χ4n) is 1.08. The molecule has 0 bridgehead atoms. The molecular weight excluding hydrogens is 180 g/mol. The van der Waals surface area contributed by atoms with Gasteiger partial charge in [-0.25, -0.2) is 4.98 Å². The highest BCUT2D eigenvalue weighted by Crippen LogP contribution is 2.01. The Kier molecular flexibility index (Phi) is 4.57. The van der Waals surface area contributed by atoms with E-state index in [1.54, 1.807) is 18.7 Å². The second-order valence-electron chi connectivity index (χ2n) is 2.99. The zero-order valence-corrected chi connectivity index (χ0v) is 8.30. The maximum Gasteiger partial charge on any atom is 0.0919 e. The van der Waals surface area contributed by atoms with Crippen molar-refractivity contribution in [1.29, 1.82) is 0 Å². The molecular formula is C9H16N4O. The Labute approximate surface area is 83.7 Å². The Morgan fingerprint density at radius 2 is 2.36 bits per heavy atom. The lowest BCUT2D eigenvalue weighted by Crippen LogP contribution is -2.24. The van der Waals surface area contributed by atoms with Gasteiger partial charge >= 0.3 is 0 Å². The third kappa shape index (κ3) is 3.95. The Bertz CT molecular complexity index is 230. The molecule has 0 aromatic carbocycles. The van der Waals surface area contributed by atoms with Crippen molar-refractivity contribution in [3.8, 4) is 0 Å². The number of imidazole rings is 1. The van der Waals surface area contributed by atoms with E-state index in [0.29, 0.717) is 0 Å². The van der Waals surface area contributed by atoms with Crippen molar-refractivity contribution in [3.63, 3.8) is 0 Å². The number of aromatic nitrogens is 2.